The Labute approximate surface area is 125 Å². The van der Waals surface area contributed by atoms with Crippen LogP contribution in [0.2, 0.25) is 0 Å². The summed E-state index contributed by atoms with van der Waals surface area (Å²) in [6, 6.07) is 6.21. The molecule has 3 N–H and O–H groups in total. The number of hydrogen-bond donors (Lipinski definition) is 3. The zero-order valence-electron chi connectivity index (χ0n) is 12.8. The summed E-state index contributed by atoms with van der Waals surface area (Å²) in [5, 5.41) is 23.0. The largest absolute Gasteiger partial charge is 0.506 e. The van der Waals surface area contributed by atoms with Gasteiger partial charge in [-0.15, -0.1) is 0 Å². The molecule has 0 radical (unpaired) electrons. The molecule has 1 aromatic heterocycles. The van der Waals surface area contributed by atoms with Crippen LogP contribution in [-0.2, 0) is 19.6 Å². The Balaban J connectivity index is 2.31. The van der Waals surface area contributed by atoms with Gasteiger partial charge in [0.1, 0.15) is 5.75 Å². The summed E-state index contributed by atoms with van der Waals surface area (Å²) in [4.78, 5) is 4.08. The topological polar surface area (TPSA) is 65.4 Å². The van der Waals surface area contributed by atoms with Crippen LogP contribution in [0.15, 0.2) is 24.4 Å². The molecular formula is C17H22N2O2. The predicted octanol–water partition coefficient (Wildman–Crippen LogP) is 3.07. The fourth-order valence-corrected chi connectivity index (χ4v) is 2.47. The molecule has 2 aromatic rings. The highest BCUT2D eigenvalue weighted by atomic mass is 16.3. The molecule has 0 aliphatic carbocycles. The van der Waals surface area contributed by atoms with E-state index in [4.69, 9.17) is 0 Å². The molecule has 0 atom stereocenters. The van der Waals surface area contributed by atoms with Crippen molar-refractivity contribution in [1.29, 1.82) is 0 Å². The first kappa shape index (κ1) is 15.3. The predicted molar refractivity (Wildman–Crippen MR) is 84.4 cm³/mol. The number of pyridine rings is 1. The Kier molecular flexibility index (Phi) is 4.81. The van der Waals surface area contributed by atoms with Crippen LogP contribution in [0, 0.1) is 13.8 Å². The van der Waals surface area contributed by atoms with Crippen molar-refractivity contribution in [2.24, 2.45) is 0 Å². The molecule has 4 nitrogen and oxygen atoms in total. The van der Waals surface area contributed by atoms with Gasteiger partial charge in [-0.3, -0.25) is 4.98 Å². The highest BCUT2D eigenvalue weighted by Gasteiger charge is 2.12. The SMILES string of the molecule is CCc1cccc(C)c1NCc1c(CO)cnc(C)c1O. The minimum Gasteiger partial charge on any atom is -0.506 e. The van der Waals surface area contributed by atoms with Gasteiger partial charge < -0.3 is 15.5 Å². The maximum absolute atomic E-state index is 10.2. The minimum absolute atomic E-state index is 0.133. The molecule has 2 rings (SSSR count). The number of hydrogen-bond acceptors (Lipinski definition) is 4. The van der Waals surface area contributed by atoms with Crippen molar-refractivity contribution in [2.75, 3.05) is 5.32 Å². The van der Waals surface area contributed by atoms with Crippen LogP contribution in [0.4, 0.5) is 5.69 Å². The Morgan fingerprint density at radius 2 is 1.95 bits per heavy atom. The van der Waals surface area contributed by atoms with E-state index >= 15 is 0 Å². The average molecular weight is 286 g/mol. The zero-order chi connectivity index (χ0) is 15.4. The summed E-state index contributed by atoms with van der Waals surface area (Å²) in [5.41, 5.74) is 5.44. The number of aliphatic hydroxyl groups is 1. The second-order valence-electron chi connectivity index (χ2n) is 5.17. The molecule has 112 valence electrons. The smallest absolute Gasteiger partial charge is 0.142 e. The summed E-state index contributed by atoms with van der Waals surface area (Å²) in [5.74, 6) is 0.153. The van der Waals surface area contributed by atoms with Crippen molar-refractivity contribution in [3.05, 3.63) is 52.3 Å². The van der Waals surface area contributed by atoms with Crippen LogP contribution >= 0.6 is 0 Å². The van der Waals surface area contributed by atoms with Gasteiger partial charge in [0.2, 0.25) is 0 Å². The molecule has 1 heterocycles. The molecular weight excluding hydrogens is 264 g/mol. The van der Waals surface area contributed by atoms with E-state index in [0.717, 1.165) is 12.1 Å². The van der Waals surface area contributed by atoms with Gasteiger partial charge in [0.05, 0.1) is 12.3 Å². The molecule has 0 unspecified atom stereocenters. The van der Waals surface area contributed by atoms with Gasteiger partial charge in [0.25, 0.3) is 0 Å². The first-order valence-electron chi connectivity index (χ1n) is 7.18. The van der Waals surface area contributed by atoms with Crippen molar-refractivity contribution < 1.29 is 10.2 Å². The maximum Gasteiger partial charge on any atom is 0.142 e. The molecule has 0 spiro atoms. The third-order valence-electron chi connectivity index (χ3n) is 3.78. The van der Waals surface area contributed by atoms with Crippen molar-refractivity contribution in [1.82, 2.24) is 4.98 Å². The Bertz CT molecular complexity index is 639. The summed E-state index contributed by atoms with van der Waals surface area (Å²) in [6.45, 7) is 6.26. The Morgan fingerprint density at radius 3 is 2.62 bits per heavy atom. The van der Waals surface area contributed by atoms with Crippen LogP contribution in [0.3, 0.4) is 0 Å². The number of aromatic hydroxyl groups is 1. The van der Waals surface area contributed by atoms with Gasteiger partial charge in [-0.1, -0.05) is 25.1 Å². The number of nitrogens with one attached hydrogen (secondary N) is 1. The normalized spacial score (nSPS) is 10.7. The van der Waals surface area contributed by atoms with Crippen LogP contribution in [-0.4, -0.2) is 15.2 Å². The zero-order valence-corrected chi connectivity index (χ0v) is 12.8. The number of aliphatic hydroxyl groups excluding tert-OH is 1. The highest BCUT2D eigenvalue weighted by molar-refractivity contribution is 5.58. The van der Waals surface area contributed by atoms with E-state index < -0.39 is 0 Å². The number of anilines is 1. The lowest BCUT2D eigenvalue weighted by Gasteiger charge is -2.17. The second-order valence-corrected chi connectivity index (χ2v) is 5.17. The number of aryl methyl sites for hydroxylation is 3. The maximum atomic E-state index is 10.2. The summed E-state index contributed by atoms with van der Waals surface area (Å²) in [7, 11) is 0. The lowest BCUT2D eigenvalue weighted by atomic mass is 10.0. The molecule has 0 saturated heterocycles. The number of para-hydroxylation sites is 1. The average Bonchev–Trinajstić information content (AvgIpc) is 2.49. The van der Waals surface area contributed by atoms with E-state index in [0.29, 0.717) is 23.4 Å². The molecule has 0 saturated carbocycles. The number of nitrogens with zero attached hydrogens (tertiary/aromatic N) is 1. The fourth-order valence-electron chi connectivity index (χ4n) is 2.47. The van der Waals surface area contributed by atoms with E-state index in [1.807, 2.05) is 6.07 Å². The fraction of sp³-hybridized carbons (Fsp3) is 0.353. The second kappa shape index (κ2) is 6.59. The molecule has 0 aliphatic rings. The molecule has 0 bridgehead atoms. The Hall–Kier alpha value is -2.07. The molecule has 1 aromatic carbocycles. The molecule has 0 aliphatic heterocycles. The summed E-state index contributed by atoms with van der Waals surface area (Å²) in [6.07, 6.45) is 2.56. The van der Waals surface area contributed by atoms with E-state index in [2.05, 4.69) is 36.3 Å². The van der Waals surface area contributed by atoms with Gasteiger partial charge in [-0.25, -0.2) is 0 Å². The standard InChI is InChI=1S/C17H22N2O2/c1-4-13-7-5-6-11(2)16(13)19-9-15-14(10-20)8-18-12(3)17(15)21/h5-8,19-21H,4,9-10H2,1-3H3. The summed E-state index contributed by atoms with van der Waals surface area (Å²) >= 11 is 0. The van der Waals surface area contributed by atoms with Crippen molar-refractivity contribution in [3.8, 4) is 5.75 Å². The molecule has 21 heavy (non-hydrogen) atoms. The highest BCUT2D eigenvalue weighted by Crippen LogP contribution is 2.27. The van der Waals surface area contributed by atoms with Crippen molar-refractivity contribution >= 4 is 5.69 Å². The number of aromatic nitrogens is 1. The summed E-state index contributed by atoms with van der Waals surface area (Å²) < 4.78 is 0. The van der Waals surface area contributed by atoms with Crippen molar-refractivity contribution in [3.63, 3.8) is 0 Å². The van der Waals surface area contributed by atoms with Gasteiger partial charge in [-0.2, -0.15) is 0 Å². The van der Waals surface area contributed by atoms with Gasteiger partial charge in [0.15, 0.2) is 0 Å². The van der Waals surface area contributed by atoms with Gasteiger partial charge in [-0.05, 0) is 31.4 Å². The van der Waals surface area contributed by atoms with Crippen molar-refractivity contribution in [2.45, 2.75) is 40.3 Å². The van der Waals surface area contributed by atoms with E-state index in [9.17, 15) is 10.2 Å². The monoisotopic (exact) mass is 286 g/mol. The minimum atomic E-state index is -0.133. The lowest BCUT2D eigenvalue weighted by Crippen LogP contribution is -2.08. The van der Waals surface area contributed by atoms with E-state index in [1.165, 1.54) is 11.1 Å². The van der Waals surface area contributed by atoms with Crippen LogP contribution in [0.1, 0.15) is 34.9 Å². The van der Waals surface area contributed by atoms with Gasteiger partial charge >= 0.3 is 0 Å². The number of benzene rings is 1. The Morgan fingerprint density at radius 1 is 1.19 bits per heavy atom. The van der Waals surface area contributed by atoms with Crippen LogP contribution < -0.4 is 5.32 Å². The lowest BCUT2D eigenvalue weighted by molar-refractivity contribution is 0.279. The number of rotatable bonds is 5. The third kappa shape index (κ3) is 3.16. The van der Waals surface area contributed by atoms with E-state index in [1.54, 1.807) is 13.1 Å². The molecule has 0 fully saturated rings. The quantitative estimate of drug-likeness (QED) is 0.790. The van der Waals surface area contributed by atoms with Crippen LogP contribution in [0.25, 0.3) is 0 Å². The molecule has 0 amide bonds. The first-order valence-corrected chi connectivity index (χ1v) is 7.18. The van der Waals surface area contributed by atoms with Gasteiger partial charge in [0, 0.05) is 29.6 Å². The molecule has 4 heteroatoms. The first-order chi connectivity index (χ1) is 10.1. The van der Waals surface area contributed by atoms with E-state index in [-0.39, 0.29) is 12.4 Å². The van der Waals surface area contributed by atoms with Crippen LogP contribution in [0.5, 0.6) is 5.75 Å². The third-order valence-corrected chi connectivity index (χ3v) is 3.78.